The van der Waals surface area contributed by atoms with Gasteiger partial charge >= 0.3 is 0 Å². The molecule has 0 radical (unpaired) electrons. The average molecular weight is 279 g/mol. The van der Waals surface area contributed by atoms with Crippen molar-refractivity contribution in [3.63, 3.8) is 0 Å². The molecule has 0 unspecified atom stereocenters. The first-order valence-corrected chi connectivity index (χ1v) is 6.92. The number of benzene rings is 1. The fourth-order valence-electron chi connectivity index (χ4n) is 2.13. The second-order valence-electron chi connectivity index (χ2n) is 5.36. The summed E-state index contributed by atoms with van der Waals surface area (Å²) in [7, 11) is 5.09. The van der Waals surface area contributed by atoms with Crippen molar-refractivity contribution in [3.8, 4) is 11.5 Å². The lowest BCUT2D eigenvalue weighted by Crippen LogP contribution is -2.30. The third kappa shape index (κ3) is 4.76. The maximum Gasteiger partial charge on any atom is 0.222 e. The van der Waals surface area contributed by atoms with Crippen molar-refractivity contribution in [3.05, 3.63) is 23.8 Å². The van der Waals surface area contributed by atoms with Crippen LogP contribution < -0.4 is 9.47 Å². The van der Waals surface area contributed by atoms with Gasteiger partial charge in [0.1, 0.15) is 0 Å². The number of hydrogen-bond acceptors (Lipinski definition) is 3. The topological polar surface area (TPSA) is 38.8 Å². The van der Waals surface area contributed by atoms with Gasteiger partial charge in [-0.3, -0.25) is 4.79 Å². The van der Waals surface area contributed by atoms with Crippen molar-refractivity contribution in [2.24, 2.45) is 5.92 Å². The number of ether oxygens (including phenoxy) is 2. The van der Waals surface area contributed by atoms with Gasteiger partial charge in [-0.25, -0.2) is 0 Å². The molecule has 0 saturated heterocycles. The molecule has 0 N–H and O–H groups in total. The van der Waals surface area contributed by atoms with Crippen molar-refractivity contribution in [1.82, 2.24) is 4.90 Å². The molecule has 0 saturated carbocycles. The quantitative estimate of drug-likeness (QED) is 0.770. The van der Waals surface area contributed by atoms with Crippen LogP contribution in [0, 0.1) is 5.92 Å². The van der Waals surface area contributed by atoms with Gasteiger partial charge in [0.2, 0.25) is 5.91 Å². The Balaban J connectivity index is 2.59. The van der Waals surface area contributed by atoms with E-state index in [1.54, 1.807) is 19.1 Å². The maximum atomic E-state index is 12.0. The van der Waals surface area contributed by atoms with Gasteiger partial charge in [0.25, 0.3) is 0 Å². The minimum atomic E-state index is 0.175. The molecular weight excluding hydrogens is 254 g/mol. The molecule has 112 valence electrons. The molecule has 0 heterocycles. The van der Waals surface area contributed by atoms with Gasteiger partial charge < -0.3 is 14.4 Å². The number of carbonyl (C=O) groups excluding carboxylic acids is 1. The Morgan fingerprint density at radius 1 is 1.20 bits per heavy atom. The van der Waals surface area contributed by atoms with Crippen LogP contribution in [-0.4, -0.2) is 38.6 Å². The van der Waals surface area contributed by atoms with Crippen molar-refractivity contribution in [2.75, 3.05) is 27.8 Å². The Labute approximate surface area is 121 Å². The summed E-state index contributed by atoms with van der Waals surface area (Å²) < 4.78 is 10.5. The van der Waals surface area contributed by atoms with Gasteiger partial charge in [-0.2, -0.15) is 0 Å². The van der Waals surface area contributed by atoms with Gasteiger partial charge in [-0.05, 0) is 30.0 Å². The summed E-state index contributed by atoms with van der Waals surface area (Å²) in [4.78, 5) is 13.8. The molecule has 0 bridgehead atoms. The Hall–Kier alpha value is -1.71. The van der Waals surface area contributed by atoms with E-state index in [0.717, 1.165) is 12.1 Å². The van der Waals surface area contributed by atoms with Crippen molar-refractivity contribution in [1.29, 1.82) is 0 Å². The molecule has 1 amide bonds. The lowest BCUT2D eigenvalue weighted by Gasteiger charge is -2.19. The second-order valence-corrected chi connectivity index (χ2v) is 5.36. The van der Waals surface area contributed by atoms with E-state index >= 15 is 0 Å². The summed E-state index contributed by atoms with van der Waals surface area (Å²) >= 11 is 0. The molecule has 0 aromatic heterocycles. The zero-order valence-corrected chi connectivity index (χ0v) is 13.1. The van der Waals surface area contributed by atoms with Crippen LogP contribution in [0.4, 0.5) is 0 Å². The largest absolute Gasteiger partial charge is 0.493 e. The summed E-state index contributed by atoms with van der Waals surface area (Å²) in [5.41, 5.74) is 1.08. The first-order chi connectivity index (χ1) is 9.47. The fourth-order valence-corrected chi connectivity index (χ4v) is 2.13. The minimum absolute atomic E-state index is 0.175. The highest BCUT2D eigenvalue weighted by atomic mass is 16.5. The lowest BCUT2D eigenvalue weighted by molar-refractivity contribution is -0.130. The van der Waals surface area contributed by atoms with Gasteiger partial charge in [-0.1, -0.05) is 19.9 Å². The number of nitrogens with zero attached hydrogens (tertiary/aromatic N) is 1. The highest BCUT2D eigenvalue weighted by Crippen LogP contribution is 2.27. The highest BCUT2D eigenvalue weighted by Gasteiger charge is 2.11. The van der Waals surface area contributed by atoms with Gasteiger partial charge in [0, 0.05) is 20.0 Å². The van der Waals surface area contributed by atoms with Crippen molar-refractivity contribution >= 4 is 5.91 Å². The zero-order chi connectivity index (χ0) is 15.1. The number of methoxy groups -OCH3 is 2. The van der Waals surface area contributed by atoms with Gasteiger partial charge in [0.15, 0.2) is 11.5 Å². The van der Waals surface area contributed by atoms with Crippen LogP contribution in [0.25, 0.3) is 0 Å². The van der Waals surface area contributed by atoms with Crippen LogP contribution in [0.1, 0.15) is 25.8 Å². The first-order valence-electron chi connectivity index (χ1n) is 6.92. The third-order valence-electron chi connectivity index (χ3n) is 3.14. The molecule has 4 heteroatoms. The Kier molecular flexibility index (Phi) is 6.36. The maximum absolute atomic E-state index is 12.0. The van der Waals surface area contributed by atoms with E-state index in [-0.39, 0.29) is 5.91 Å². The molecule has 0 aliphatic rings. The van der Waals surface area contributed by atoms with Crippen LogP contribution in [0.3, 0.4) is 0 Å². The number of aryl methyl sites for hydroxylation is 1. The summed E-state index contributed by atoms with van der Waals surface area (Å²) in [5.74, 6) is 2.08. The predicted octanol–water partition coefficient (Wildman–Crippen LogP) is 2.75. The first kappa shape index (κ1) is 16.3. The van der Waals surface area contributed by atoms with Gasteiger partial charge in [-0.15, -0.1) is 0 Å². The van der Waals surface area contributed by atoms with Crippen LogP contribution in [-0.2, 0) is 11.2 Å². The Bertz CT molecular complexity index is 443. The standard InChI is InChI=1S/C16H25NO3/c1-12(2)11-17(3)16(18)9-7-13-6-8-14(19-4)15(10-13)20-5/h6,8,10,12H,7,9,11H2,1-5H3. The Morgan fingerprint density at radius 2 is 1.85 bits per heavy atom. The van der Waals surface area contributed by atoms with Crippen LogP contribution in [0.15, 0.2) is 18.2 Å². The molecule has 1 aromatic rings. The third-order valence-corrected chi connectivity index (χ3v) is 3.14. The van der Waals surface area contributed by atoms with E-state index < -0.39 is 0 Å². The fraction of sp³-hybridized carbons (Fsp3) is 0.562. The van der Waals surface area contributed by atoms with Crippen LogP contribution in [0.2, 0.25) is 0 Å². The van der Waals surface area contributed by atoms with Crippen LogP contribution in [0.5, 0.6) is 11.5 Å². The smallest absolute Gasteiger partial charge is 0.222 e. The van der Waals surface area contributed by atoms with E-state index in [1.807, 2.05) is 25.2 Å². The minimum Gasteiger partial charge on any atom is -0.493 e. The lowest BCUT2D eigenvalue weighted by atomic mass is 10.1. The molecule has 20 heavy (non-hydrogen) atoms. The molecule has 0 atom stereocenters. The zero-order valence-electron chi connectivity index (χ0n) is 13.1. The van der Waals surface area contributed by atoms with Gasteiger partial charge in [0.05, 0.1) is 14.2 Å². The SMILES string of the molecule is COc1ccc(CCC(=O)N(C)CC(C)C)cc1OC. The number of amides is 1. The molecule has 0 spiro atoms. The molecule has 0 aliphatic heterocycles. The summed E-state index contributed by atoms with van der Waals surface area (Å²) in [6, 6.07) is 5.77. The highest BCUT2D eigenvalue weighted by molar-refractivity contribution is 5.76. The normalized spacial score (nSPS) is 10.5. The molecule has 0 aliphatic carbocycles. The second kappa shape index (κ2) is 7.78. The summed E-state index contributed by atoms with van der Waals surface area (Å²) in [6.45, 7) is 5.01. The number of hydrogen-bond donors (Lipinski definition) is 0. The number of carbonyl (C=O) groups is 1. The van der Waals surface area contributed by atoms with E-state index in [2.05, 4.69) is 13.8 Å². The van der Waals surface area contributed by atoms with Crippen molar-refractivity contribution in [2.45, 2.75) is 26.7 Å². The van der Waals surface area contributed by atoms with E-state index in [4.69, 9.17) is 9.47 Å². The monoisotopic (exact) mass is 279 g/mol. The summed E-state index contributed by atoms with van der Waals surface area (Å²) in [5, 5.41) is 0. The van der Waals surface area contributed by atoms with E-state index in [9.17, 15) is 4.79 Å². The number of rotatable bonds is 7. The van der Waals surface area contributed by atoms with Crippen molar-refractivity contribution < 1.29 is 14.3 Å². The summed E-state index contributed by atoms with van der Waals surface area (Å²) in [6.07, 6.45) is 1.22. The molecule has 0 fully saturated rings. The molecular formula is C16H25NO3. The molecule has 4 nitrogen and oxygen atoms in total. The van der Waals surface area contributed by atoms with E-state index in [1.165, 1.54) is 0 Å². The van der Waals surface area contributed by atoms with E-state index in [0.29, 0.717) is 30.3 Å². The Morgan fingerprint density at radius 3 is 2.40 bits per heavy atom. The van der Waals surface area contributed by atoms with Crippen LogP contribution >= 0.6 is 0 Å². The average Bonchev–Trinajstić information content (AvgIpc) is 2.43. The predicted molar refractivity (Wildman–Crippen MR) is 80.3 cm³/mol. The molecule has 1 rings (SSSR count). The molecule has 1 aromatic carbocycles.